The third-order valence-electron chi connectivity index (χ3n) is 2.88. The van der Waals surface area contributed by atoms with E-state index >= 15 is 0 Å². The maximum absolute atomic E-state index is 12.1. The van der Waals surface area contributed by atoms with E-state index in [0.29, 0.717) is 23.5 Å². The minimum Gasteiger partial charge on any atom is -0.481 e. The van der Waals surface area contributed by atoms with Gasteiger partial charge in [-0.25, -0.2) is 4.98 Å². The summed E-state index contributed by atoms with van der Waals surface area (Å²) in [5.74, 6) is -0.953. The van der Waals surface area contributed by atoms with Crippen LogP contribution in [0.25, 0.3) is 0 Å². The number of aryl methyl sites for hydroxylation is 3. The highest BCUT2D eigenvalue weighted by atomic mass is 32.1. The summed E-state index contributed by atoms with van der Waals surface area (Å²) in [6.07, 6.45) is 1.29. The first kappa shape index (κ1) is 15.7. The van der Waals surface area contributed by atoms with Gasteiger partial charge in [-0.15, -0.1) is 22.7 Å². The van der Waals surface area contributed by atoms with Crippen molar-refractivity contribution in [3.63, 3.8) is 0 Å². The molecule has 0 radical (unpaired) electrons. The fourth-order valence-corrected chi connectivity index (χ4v) is 3.58. The molecular formula is C14H16N2O3S2. The zero-order chi connectivity index (χ0) is 15.4. The van der Waals surface area contributed by atoms with Crippen molar-refractivity contribution in [1.29, 1.82) is 0 Å². The number of amides is 1. The van der Waals surface area contributed by atoms with Gasteiger partial charge in [-0.1, -0.05) is 0 Å². The van der Waals surface area contributed by atoms with Crippen molar-refractivity contribution in [1.82, 2.24) is 4.98 Å². The van der Waals surface area contributed by atoms with E-state index in [1.807, 2.05) is 25.3 Å². The predicted molar refractivity (Wildman–Crippen MR) is 84.4 cm³/mol. The van der Waals surface area contributed by atoms with E-state index in [1.165, 1.54) is 11.3 Å². The van der Waals surface area contributed by atoms with Gasteiger partial charge < -0.3 is 5.11 Å². The summed E-state index contributed by atoms with van der Waals surface area (Å²) in [4.78, 5) is 29.0. The molecule has 0 aliphatic carbocycles. The number of aromatic nitrogens is 1. The van der Waals surface area contributed by atoms with Crippen LogP contribution in [0.15, 0.2) is 11.4 Å². The first-order valence-electron chi connectivity index (χ1n) is 6.50. The second-order valence-corrected chi connectivity index (χ2v) is 6.99. The lowest BCUT2D eigenvalue weighted by Crippen LogP contribution is -2.11. The smallest absolute Gasteiger partial charge is 0.303 e. The van der Waals surface area contributed by atoms with E-state index in [-0.39, 0.29) is 12.3 Å². The van der Waals surface area contributed by atoms with Crippen LogP contribution in [0.1, 0.15) is 38.6 Å². The Hall–Kier alpha value is -1.73. The number of carbonyl (C=O) groups is 2. The third kappa shape index (κ3) is 4.37. The van der Waals surface area contributed by atoms with Crippen LogP contribution in [0.4, 0.5) is 5.13 Å². The van der Waals surface area contributed by atoms with Crippen molar-refractivity contribution in [2.24, 2.45) is 0 Å². The van der Waals surface area contributed by atoms with Crippen LogP contribution in [-0.2, 0) is 11.2 Å². The quantitative estimate of drug-likeness (QED) is 0.852. The number of thiazole rings is 1. The number of hydrogen-bond donors (Lipinski definition) is 2. The molecule has 0 saturated carbocycles. The minimum atomic E-state index is -0.804. The summed E-state index contributed by atoms with van der Waals surface area (Å²) in [5.41, 5.74) is 1.50. The fourth-order valence-electron chi connectivity index (χ4n) is 1.92. The van der Waals surface area contributed by atoms with Crippen molar-refractivity contribution >= 4 is 39.7 Å². The van der Waals surface area contributed by atoms with Crippen LogP contribution in [0.5, 0.6) is 0 Å². The van der Waals surface area contributed by atoms with Crippen LogP contribution >= 0.6 is 22.7 Å². The molecule has 2 heterocycles. The second kappa shape index (κ2) is 6.82. The number of rotatable bonds is 6. The van der Waals surface area contributed by atoms with Gasteiger partial charge in [0.25, 0.3) is 5.91 Å². The highest BCUT2D eigenvalue weighted by Gasteiger charge is 2.13. The molecule has 5 nitrogen and oxygen atoms in total. The van der Waals surface area contributed by atoms with Crippen molar-refractivity contribution in [2.75, 3.05) is 5.32 Å². The molecule has 2 aromatic rings. The number of anilines is 1. The fraction of sp³-hybridized carbons (Fsp3) is 0.357. The standard InChI is InChI=1S/C14H16N2O3S2/c1-8-6-11(9(2)21-8)13(19)16-14-15-10(7-20-14)4-3-5-12(17)18/h6-7H,3-5H2,1-2H3,(H,17,18)(H,15,16,19). The summed E-state index contributed by atoms with van der Waals surface area (Å²) in [7, 11) is 0. The van der Waals surface area contributed by atoms with E-state index in [1.54, 1.807) is 11.3 Å². The Labute approximate surface area is 130 Å². The number of nitrogens with one attached hydrogen (secondary N) is 1. The van der Waals surface area contributed by atoms with E-state index < -0.39 is 5.97 Å². The molecule has 0 aliphatic heterocycles. The van der Waals surface area contributed by atoms with Gasteiger partial charge in [-0.2, -0.15) is 0 Å². The van der Waals surface area contributed by atoms with Crippen molar-refractivity contribution in [3.05, 3.63) is 32.5 Å². The van der Waals surface area contributed by atoms with Gasteiger partial charge in [0.1, 0.15) is 0 Å². The molecule has 0 atom stereocenters. The topological polar surface area (TPSA) is 79.3 Å². The third-order valence-corrected chi connectivity index (χ3v) is 4.65. The molecule has 2 aromatic heterocycles. The largest absolute Gasteiger partial charge is 0.481 e. The molecule has 0 aliphatic rings. The lowest BCUT2D eigenvalue weighted by Gasteiger charge is -2.00. The van der Waals surface area contributed by atoms with Crippen LogP contribution in [0.2, 0.25) is 0 Å². The van der Waals surface area contributed by atoms with E-state index in [4.69, 9.17) is 5.11 Å². The van der Waals surface area contributed by atoms with Gasteiger partial charge in [-0.3, -0.25) is 14.9 Å². The van der Waals surface area contributed by atoms with Gasteiger partial charge in [0.15, 0.2) is 5.13 Å². The summed E-state index contributed by atoms with van der Waals surface area (Å²) in [5, 5.41) is 13.8. The summed E-state index contributed by atoms with van der Waals surface area (Å²) in [6.45, 7) is 3.89. The number of nitrogens with zero attached hydrogens (tertiary/aromatic N) is 1. The van der Waals surface area contributed by atoms with Crippen LogP contribution in [0, 0.1) is 13.8 Å². The molecule has 0 fully saturated rings. The maximum Gasteiger partial charge on any atom is 0.303 e. The van der Waals surface area contributed by atoms with E-state index in [0.717, 1.165) is 15.4 Å². The van der Waals surface area contributed by atoms with Crippen molar-refractivity contribution in [2.45, 2.75) is 33.1 Å². The Morgan fingerprint density at radius 1 is 1.38 bits per heavy atom. The number of carboxylic acid groups (broad SMARTS) is 1. The maximum atomic E-state index is 12.1. The average Bonchev–Trinajstić information content (AvgIpc) is 2.95. The average molecular weight is 324 g/mol. The number of hydrogen-bond acceptors (Lipinski definition) is 5. The summed E-state index contributed by atoms with van der Waals surface area (Å²) >= 11 is 2.95. The molecule has 0 bridgehead atoms. The van der Waals surface area contributed by atoms with Gasteiger partial charge in [-0.05, 0) is 32.8 Å². The molecule has 112 valence electrons. The van der Waals surface area contributed by atoms with Crippen LogP contribution in [-0.4, -0.2) is 22.0 Å². The summed E-state index contributed by atoms with van der Waals surface area (Å²) in [6, 6.07) is 1.87. The minimum absolute atomic E-state index is 0.132. The lowest BCUT2D eigenvalue weighted by atomic mass is 10.2. The first-order valence-corrected chi connectivity index (χ1v) is 8.20. The van der Waals surface area contributed by atoms with Gasteiger partial charge in [0.2, 0.25) is 0 Å². The molecular weight excluding hydrogens is 308 g/mol. The first-order chi connectivity index (χ1) is 9.95. The molecule has 2 N–H and O–H groups in total. The zero-order valence-corrected chi connectivity index (χ0v) is 13.4. The van der Waals surface area contributed by atoms with Crippen LogP contribution < -0.4 is 5.32 Å². The highest BCUT2D eigenvalue weighted by Crippen LogP contribution is 2.23. The molecule has 0 saturated heterocycles. The highest BCUT2D eigenvalue weighted by molar-refractivity contribution is 7.14. The number of carboxylic acids is 1. The zero-order valence-electron chi connectivity index (χ0n) is 11.8. The monoisotopic (exact) mass is 324 g/mol. The Balaban J connectivity index is 1.94. The molecule has 1 amide bonds. The van der Waals surface area contributed by atoms with Gasteiger partial charge >= 0.3 is 5.97 Å². The van der Waals surface area contributed by atoms with Gasteiger partial charge in [0.05, 0.1) is 11.3 Å². The molecule has 0 unspecified atom stereocenters. The Kier molecular flexibility index (Phi) is 5.08. The number of aliphatic carboxylic acids is 1. The van der Waals surface area contributed by atoms with Gasteiger partial charge in [0, 0.05) is 21.6 Å². The summed E-state index contributed by atoms with van der Waals surface area (Å²) < 4.78 is 0. The van der Waals surface area contributed by atoms with E-state index in [2.05, 4.69) is 10.3 Å². The molecule has 0 aromatic carbocycles. The number of thiophene rings is 1. The number of carbonyl (C=O) groups excluding carboxylic acids is 1. The Morgan fingerprint density at radius 3 is 2.76 bits per heavy atom. The molecule has 0 spiro atoms. The Bertz CT molecular complexity index is 661. The van der Waals surface area contributed by atoms with Crippen LogP contribution in [0.3, 0.4) is 0 Å². The normalized spacial score (nSPS) is 10.6. The lowest BCUT2D eigenvalue weighted by molar-refractivity contribution is -0.137. The SMILES string of the molecule is Cc1cc(C(=O)Nc2nc(CCCC(=O)O)cs2)c(C)s1. The molecule has 2 rings (SSSR count). The van der Waals surface area contributed by atoms with E-state index in [9.17, 15) is 9.59 Å². The van der Waals surface area contributed by atoms with Crippen molar-refractivity contribution < 1.29 is 14.7 Å². The van der Waals surface area contributed by atoms with Crippen molar-refractivity contribution in [3.8, 4) is 0 Å². The molecule has 7 heteroatoms. The molecule has 21 heavy (non-hydrogen) atoms. The second-order valence-electron chi connectivity index (χ2n) is 4.67. The Morgan fingerprint density at radius 2 is 2.14 bits per heavy atom. The predicted octanol–water partition coefficient (Wildman–Crippen LogP) is 3.48.